The third-order valence-corrected chi connectivity index (χ3v) is 1.98. The van der Waals surface area contributed by atoms with E-state index in [0.717, 1.165) is 0 Å². The molecular formula is C8H18NO4S-. The number of hydrogen-bond acceptors (Lipinski definition) is 4. The molecule has 1 atom stereocenters. The van der Waals surface area contributed by atoms with Crippen LogP contribution in [0.4, 0.5) is 0 Å². The number of nitrogens with one attached hydrogen (secondary N) is 1. The van der Waals surface area contributed by atoms with Gasteiger partial charge in [-0.15, -0.1) is 0 Å². The Labute approximate surface area is 87.6 Å². The summed E-state index contributed by atoms with van der Waals surface area (Å²) in [6.45, 7) is 5.43. The zero-order valence-electron chi connectivity index (χ0n) is 8.65. The molecule has 0 amide bonds. The summed E-state index contributed by atoms with van der Waals surface area (Å²) in [5.41, 5.74) is 0. The molecular weight excluding hydrogens is 206 g/mol. The van der Waals surface area contributed by atoms with Crippen molar-refractivity contribution in [3.8, 4) is 0 Å². The summed E-state index contributed by atoms with van der Waals surface area (Å²) in [7, 11) is 0. The van der Waals surface area contributed by atoms with E-state index in [-0.39, 0.29) is 6.29 Å². The maximum atomic E-state index is 10.1. The topological polar surface area (TPSA) is 70.6 Å². The van der Waals surface area contributed by atoms with Crippen molar-refractivity contribution in [1.29, 1.82) is 0 Å². The Hall–Kier alpha value is -0.0100. The van der Waals surface area contributed by atoms with Crippen LogP contribution in [0.15, 0.2) is 0 Å². The molecule has 1 unspecified atom stereocenters. The van der Waals surface area contributed by atoms with Crippen molar-refractivity contribution < 1.29 is 18.2 Å². The molecule has 0 aliphatic rings. The van der Waals surface area contributed by atoms with Crippen LogP contribution in [0, 0.1) is 0 Å². The summed E-state index contributed by atoms with van der Waals surface area (Å²) in [5.74, 6) is 0. The van der Waals surface area contributed by atoms with Gasteiger partial charge in [0.15, 0.2) is 6.29 Å². The fourth-order valence-corrected chi connectivity index (χ4v) is 1.32. The Morgan fingerprint density at radius 2 is 1.93 bits per heavy atom. The molecule has 1 N–H and O–H groups in total. The molecule has 86 valence electrons. The van der Waals surface area contributed by atoms with E-state index in [2.05, 4.69) is 4.72 Å². The molecule has 0 aromatic rings. The minimum absolute atomic E-state index is 0.216. The Kier molecular flexibility index (Phi) is 9.53. The quantitative estimate of drug-likeness (QED) is 0.353. The van der Waals surface area contributed by atoms with Crippen LogP contribution < -0.4 is 4.72 Å². The second-order valence-corrected chi connectivity index (χ2v) is 3.37. The summed E-state index contributed by atoms with van der Waals surface area (Å²) in [5, 5.41) is 0. The molecule has 0 fully saturated rings. The molecule has 14 heavy (non-hydrogen) atoms. The monoisotopic (exact) mass is 224 g/mol. The molecule has 0 bridgehead atoms. The van der Waals surface area contributed by atoms with E-state index in [1.807, 2.05) is 13.8 Å². The second-order valence-electron chi connectivity index (χ2n) is 2.61. The van der Waals surface area contributed by atoms with Crippen molar-refractivity contribution in [2.45, 2.75) is 33.0 Å². The van der Waals surface area contributed by atoms with Gasteiger partial charge in [-0.05, 0) is 26.7 Å². The van der Waals surface area contributed by atoms with Crippen LogP contribution in [-0.2, 0) is 20.7 Å². The van der Waals surface area contributed by atoms with Gasteiger partial charge in [-0.2, -0.15) is 0 Å². The van der Waals surface area contributed by atoms with Crippen molar-refractivity contribution >= 4 is 11.3 Å². The average Bonchev–Trinajstić information content (AvgIpc) is 2.12. The Balaban J connectivity index is 3.44. The standard InChI is InChI=1S/C8H19NO4S/c1-3-12-8(13-4-2)6-5-7-9-14(10)11/h8-9H,3-7H2,1-2H3,(H,10,11)/p-1. The number of rotatable bonds is 9. The molecule has 0 spiro atoms. The van der Waals surface area contributed by atoms with Crippen molar-refractivity contribution in [1.82, 2.24) is 4.72 Å². The van der Waals surface area contributed by atoms with Crippen molar-refractivity contribution in [3.63, 3.8) is 0 Å². The zero-order valence-corrected chi connectivity index (χ0v) is 9.47. The Bertz CT molecular complexity index is 150. The van der Waals surface area contributed by atoms with Gasteiger partial charge in [-0.3, -0.25) is 4.21 Å². The highest BCUT2D eigenvalue weighted by atomic mass is 32.2. The summed E-state index contributed by atoms with van der Waals surface area (Å²) in [6, 6.07) is 0. The fourth-order valence-electron chi connectivity index (χ4n) is 1.01. The molecule has 0 heterocycles. The van der Waals surface area contributed by atoms with Crippen LogP contribution in [0.25, 0.3) is 0 Å². The van der Waals surface area contributed by atoms with E-state index >= 15 is 0 Å². The van der Waals surface area contributed by atoms with Gasteiger partial charge in [0.05, 0.1) is 0 Å². The van der Waals surface area contributed by atoms with E-state index in [0.29, 0.717) is 32.6 Å². The molecule has 0 radical (unpaired) electrons. The SMILES string of the molecule is CCOC(CCCNS(=O)[O-])OCC. The number of ether oxygens (including phenoxy) is 2. The Morgan fingerprint density at radius 1 is 1.36 bits per heavy atom. The lowest BCUT2D eigenvalue weighted by atomic mass is 10.3. The van der Waals surface area contributed by atoms with E-state index in [9.17, 15) is 8.76 Å². The predicted molar refractivity (Wildman–Crippen MR) is 53.2 cm³/mol. The maximum absolute atomic E-state index is 10.1. The molecule has 6 heteroatoms. The van der Waals surface area contributed by atoms with Crippen molar-refractivity contribution in [2.75, 3.05) is 19.8 Å². The highest BCUT2D eigenvalue weighted by Crippen LogP contribution is 2.03. The smallest absolute Gasteiger partial charge is 0.157 e. The van der Waals surface area contributed by atoms with E-state index < -0.39 is 11.3 Å². The van der Waals surface area contributed by atoms with Gasteiger partial charge in [0.2, 0.25) is 0 Å². The molecule has 0 saturated heterocycles. The summed E-state index contributed by atoms with van der Waals surface area (Å²) < 4.78 is 33.1. The van der Waals surface area contributed by atoms with Crippen LogP contribution in [0.5, 0.6) is 0 Å². The zero-order chi connectivity index (χ0) is 10.8. The lowest BCUT2D eigenvalue weighted by Crippen LogP contribution is -2.22. The molecule has 0 aliphatic heterocycles. The Morgan fingerprint density at radius 3 is 2.36 bits per heavy atom. The van der Waals surface area contributed by atoms with E-state index in [1.165, 1.54) is 0 Å². The highest BCUT2D eigenvalue weighted by Gasteiger charge is 2.06. The van der Waals surface area contributed by atoms with Gasteiger partial charge in [-0.1, -0.05) is 0 Å². The first-order valence-corrected chi connectivity index (χ1v) is 5.84. The summed E-state index contributed by atoms with van der Waals surface area (Å²) >= 11 is -2.17. The molecule has 0 rings (SSSR count). The van der Waals surface area contributed by atoms with Crippen molar-refractivity contribution in [3.05, 3.63) is 0 Å². The summed E-state index contributed by atoms with van der Waals surface area (Å²) in [4.78, 5) is 0. The van der Waals surface area contributed by atoms with Crippen molar-refractivity contribution in [2.24, 2.45) is 0 Å². The molecule has 0 saturated carbocycles. The largest absolute Gasteiger partial charge is 0.760 e. The first-order chi connectivity index (χ1) is 6.70. The van der Waals surface area contributed by atoms with Gasteiger partial charge in [0, 0.05) is 31.0 Å². The van der Waals surface area contributed by atoms with E-state index in [4.69, 9.17) is 9.47 Å². The predicted octanol–water partition coefficient (Wildman–Crippen LogP) is 0.549. The number of hydrogen-bond donors (Lipinski definition) is 1. The van der Waals surface area contributed by atoms with E-state index in [1.54, 1.807) is 0 Å². The van der Waals surface area contributed by atoms with Crippen LogP contribution >= 0.6 is 0 Å². The molecule has 0 aromatic heterocycles. The van der Waals surface area contributed by atoms with Gasteiger partial charge in [0.1, 0.15) is 0 Å². The third-order valence-electron chi connectivity index (χ3n) is 1.54. The molecule has 0 aliphatic carbocycles. The van der Waals surface area contributed by atoms with Crippen LogP contribution in [0.1, 0.15) is 26.7 Å². The fraction of sp³-hybridized carbons (Fsp3) is 1.00. The normalized spacial score (nSPS) is 13.4. The minimum atomic E-state index is -2.17. The van der Waals surface area contributed by atoms with Crippen LogP contribution in [-0.4, -0.2) is 34.8 Å². The third kappa shape index (κ3) is 8.58. The first kappa shape index (κ1) is 14.0. The second kappa shape index (κ2) is 9.54. The van der Waals surface area contributed by atoms with Gasteiger partial charge < -0.3 is 14.0 Å². The average molecular weight is 224 g/mol. The lowest BCUT2D eigenvalue weighted by molar-refractivity contribution is -0.139. The van der Waals surface area contributed by atoms with Gasteiger partial charge >= 0.3 is 0 Å². The van der Waals surface area contributed by atoms with Crippen LogP contribution in [0.2, 0.25) is 0 Å². The van der Waals surface area contributed by atoms with Gasteiger partial charge in [-0.25, -0.2) is 4.72 Å². The first-order valence-electron chi connectivity index (χ1n) is 4.76. The highest BCUT2D eigenvalue weighted by molar-refractivity contribution is 7.77. The van der Waals surface area contributed by atoms with Gasteiger partial charge in [0.25, 0.3) is 0 Å². The molecule has 5 nitrogen and oxygen atoms in total. The summed E-state index contributed by atoms with van der Waals surface area (Å²) in [6.07, 6.45) is 1.19. The maximum Gasteiger partial charge on any atom is 0.157 e. The van der Waals surface area contributed by atoms with Crippen LogP contribution in [0.3, 0.4) is 0 Å². The minimum Gasteiger partial charge on any atom is -0.760 e. The molecule has 0 aromatic carbocycles. The lowest BCUT2D eigenvalue weighted by Gasteiger charge is -2.16.